The number of anilines is 3. The summed E-state index contributed by atoms with van der Waals surface area (Å²) in [7, 11) is 1.24. The molecule has 46 heavy (non-hydrogen) atoms. The van der Waals surface area contributed by atoms with Crippen LogP contribution in [0.15, 0.2) is 54.6 Å². The van der Waals surface area contributed by atoms with Gasteiger partial charge < -0.3 is 31.3 Å². The fraction of sp³-hybridized carbons (Fsp3) is 0.281. The zero-order valence-electron chi connectivity index (χ0n) is 24.8. The van der Waals surface area contributed by atoms with Gasteiger partial charge in [-0.25, -0.2) is 9.07 Å². The van der Waals surface area contributed by atoms with Gasteiger partial charge in [0.1, 0.15) is 28.6 Å². The number of benzene rings is 3. The number of aryl methyl sites for hydroxylation is 2. The molecule has 6 rings (SSSR count). The number of ether oxygens (including phenoxy) is 1. The molecule has 1 saturated heterocycles. The van der Waals surface area contributed by atoms with Gasteiger partial charge in [0.2, 0.25) is 0 Å². The molecular weight excluding hydrogens is 606 g/mol. The van der Waals surface area contributed by atoms with Crippen molar-refractivity contribution in [2.75, 3.05) is 43.5 Å². The highest BCUT2D eigenvalue weighted by molar-refractivity contribution is 6.04. The Kier molecular flexibility index (Phi) is 8.30. The van der Waals surface area contributed by atoms with Crippen LogP contribution in [-0.2, 0) is 25.7 Å². The molecule has 0 atom stereocenters. The third kappa shape index (κ3) is 6.07. The molecule has 0 radical (unpaired) electrons. The Balaban J connectivity index is 1.23. The number of hydrogen-bond donors (Lipinski definition) is 4. The summed E-state index contributed by atoms with van der Waals surface area (Å²) >= 11 is 0. The van der Waals surface area contributed by atoms with Crippen LogP contribution in [0.2, 0.25) is 0 Å². The number of amides is 2. The average molecular weight is 638 g/mol. The number of piperazine rings is 1. The number of rotatable bonds is 7. The van der Waals surface area contributed by atoms with Crippen molar-refractivity contribution in [1.82, 2.24) is 20.4 Å². The Morgan fingerprint density at radius 2 is 1.83 bits per heavy atom. The summed E-state index contributed by atoms with van der Waals surface area (Å²) in [5, 5.41) is 13.7. The van der Waals surface area contributed by atoms with Crippen molar-refractivity contribution < 1.29 is 31.9 Å². The van der Waals surface area contributed by atoms with Gasteiger partial charge >= 0.3 is 6.18 Å². The molecule has 10 nitrogen and oxygen atoms in total. The first kappa shape index (κ1) is 30.9. The normalized spacial score (nSPS) is 14.5. The quantitative estimate of drug-likeness (QED) is 0.221. The Morgan fingerprint density at radius 3 is 2.52 bits per heavy atom. The molecule has 4 aromatic rings. The van der Waals surface area contributed by atoms with E-state index in [1.54, 1.807) is 4.68 Å². The van der Waals surface area contributed by atoms with E-state index in [0.29, 0.717) is 30.4 Å². The maximum Gasteiger partial charge on any atom is 0.416 e. The number of hydrogen-bond acceptors (Lipinski definition) is 7. The third-order valence-corrected chi connectivity index (χ3v) is 8.13. The predicted octanol–water partition coefficient (Wildman–Crippen LogP) is 4.45. The molecule has 0 aliphatic carbocycles. The topological polar surface area (TPSA) is 127 Å². The molecule has 3 aromatic carbocycles. The molecule has 240 valence electrons. The van der Waals surface area contributed by atoms with E-state index in [4.69, 9.17) is 10.5 Å². The summed E-state index contributed by atoms with van der Waals surface area (Å²) < 4.78 is 61.8. The lowest BCUT2D eigenvalue weighted by atomic mass is 10.0. The fourth-order valence-corrected chi connectivity index (χ4v) is 5.76. The van der Waals surface area contributed by atoms with Gasteiger partial charge in [-0.2, -0.15) is 18.3 Å². The van der Waals surface area contributed by atoms with E-state index in [-0.39, 0.29) is 34.7 Å². The van der Waals surface area contributed by atoms with Crippen molar-refractivity contribution in [2.45, 2.75) is 25.7 Å². The van der Waals surface area contributed by atoms with Crippen molar-refractivity contribution >= 4 is 29.0 Å². The summed E-state index contributed by atoms with van der Waals surface area (Å²) in [6.45, 7) is 3.87. The number of nitrogens with zero attached hydrogens (tertiary/aromatic N) is 3. The molecule has 0 unspecified atom stereocenters. The Hall–Kier alpha value is -5.11. The SMILES string of the molecule is COc1ccc(C(F)(F)F)cc1C(=O)NCc1ccc(-c2nn3c(c2C(N)=O)Nc2ccc(N4CCNCC4)cc2CC3)c(F)c1. The molecule has 14 heteroatoms. The number of carbonyl (C=O) groups excluding carboxylic acids is 2. The lowest BCUT2D eigenvalue weighted by molar-refractivity contribution is -0.137. The van der Waals surface area contributed by atoms with E-state index in [1.165, 1.54) is 19.2 Å². The smallest absolute Gasteiger partial charge is 0.416 e. The van der Waals surface area contributed by atoms with E-state index < -0.39 is 29.4 Å². The highest BCUT2D eigenvalue weighted by Crippen LogP contribution is 2.37. The van der Waals surface area contributed by atoms with Gasteiger partial charge in [-0.05, 0) is 66.1 Å². The second kappa shape index (κ2) is 12.4. The van der Waals surface area contributed by atoms with Gasteiger partial charge in [-0.1, -0.05) is 6.07 Å². The van der Waals surface area contributed by atoms with Crippen molar-refractivity contribution in [2.24, 2.45) is 5.73 Å². The lowest BCUT2D eigenvalue weighted by Crippen LogP contribution is -2.43. The minimum absolute atomic E-state index is 0.0278. The van der Waals surface area contributed by atoms with Crippen LogP contribution < -0.4 is 31.3 Å². The Bertz CT molecular complexity index is 1820. The first-order chi connectivity index (χ1) is 22.0. The number of aromatic nitrogens is 2. The maximum absolute atomic E-state index is 15.5. The van der Waals surface area contributed by atoms with Crippen molar-refractivity contribution in [3.8, 4) is 17.0 Å². The van der Waals surface area contributed by atoms with Crippen LogP contribution in [0.3, 0.4) is 0 Å². The molecule has 0 spiro atoms. The van der Waals surface area contributed by atoms with Crippen LogP contribution in [0.25, 0.3) is 11.3 Å². The summed E-state index contributed by atoms with van der Waals surface area (Å²) in [6, 6.07) is 12.8. The van der Waals surface area contributed by atoms with E-state index in [1.807, 2.05) is 12.1 Å². The van der Waals surface area contributed by atoms with E-state index >= 15 is 4.39 Å². The van der Waals surface area contributed by atoms with E-state index in [9.17, 15) is 22.8 Å². The van der Waals surface area contributed by atoms with Crippen molar-refractivity contribution in [3.05, 3.63) is 88.2 Å². The van der Waals surface area contributed by atoms with Crippen LogP contribution in [0, 0.1) is 5.82 Å². The second-order valence-corrected chi connectivity index (χ2v) is 11.0. The molecule has 2 aliphatic rings. The molecule has 1 aromatic heterocycles. The molecule has 5 N–H and O–H groups in total. The monoisotopic (exact) mass is 637 g/mol. The summed E-state index contributed by atoms with van der Waals surface area (Å²) in [4.78, 5) is 27.8. The van der Waals surface area contributed by atoms with Crippen molar-refractivity contribution in [3.63, 3.8) is 0 Å². The minimum atomic E-state index is -4.65. The van der Waals surface area contributed by atoms with Gasteiger partial charge in [-0.15, -0.1) is 0 Å². The number of methoxy groups -OCH3 is 1. The number of carbonyl (C=O) groups is 2. The minimum Gasteiger partial charge on any atom is -0.496 e. The van der Waals surface area contributed by atoms with Gasteiger partial charge in [0.25, 0.3) is 11.8 Å². The molecular formula is C32H31F4N7O3. The van der Waals surface area contributed by atoms with Gasteiger partial charge in [0, 0.05) is 56.2 Å². The standard InChI is InChI=1S/C32H31F4N7O3/c1-46-26-7-3-20(32(34,35)36)16-23(26)31(45)39-17-18-2-5-22(24(33)14-18)28-27(29(37)44)30-40-25-6-4-21(42-12-9-38-10-13-42)15-19(25)8-11-43(30)41-28/h2-7,14-16,38,40H,8-13,17H2,1H3,(H2,37,44)(H,39,45). The molecule has 2 amide bonds. The first-order valence-corrected chi connectivity index (χ1v) is 14.6. The van der Waals surface area contributed by atoms with E-state index in [2.05, 4.69) is 32.0 Å². The largest absolute Gasteiger partial charge is 0.496 e. The first-order valence-electron chi connectivity index (χ1n) is 14.6. The number of nitrogens with two attached hydrogens (primary N) is 1. The number of primary amides is 1. The molecule has 2 aliphatic heterocycles. The Labute approximate surface area is 261 Å². The Morgan fingerprint density at radius 1 is 1.04 bits per heavy atom. The van der Waals surface area contributed by atoms with Crippen LogP contribution in [0.4, 0.5) is 34.8 Å². The summed E-state index contributed by atoms with van der Waals surface area (Å²) in [6.07, 6.45) is -4.03. The third-order valence-electron chi connectivity index (χ3n) is 8.13. The van der Waals surface area contributed by atoms with Crippen LogP contribution in [-0.4, -0.2) is 54.9 Å². The average Bonchev–Trinajstić information content (AvgIpc) is 3.30. The highest BCUT2D eigenvalue weighted by Gasteiger charge is 2.32. The predicted molar refractivity (Wildman–Crippen MR) is 164 cm³/mol. The second-order valence-electron chi connectivity index (χ2n) is 11.0. The van der Waals surface area contributed by atoms with Gasteiger partial charge in [0.15, 0.2) is 0 Å². The lowest BCUT2D eigenvalue weighted by Gasteiger charge is -2.30. The van der Waals surface area contributed by atoms with Gasteiger partial charge in [0.05, 0.1) is 18.2 Å². The van der Waals surface area contributed by atoms with Crippen LogP contribution in [0.5, 0.6) is 5.75 Å². The number of fused-ring (bicyclic) bond motifs is 2. The zero-order valence-corrected chi connectivity index (χ0v) is 24.8. The summed E-state index contributed by atoms with van der Waals surface area (Å²) in [5.41, 5.74) is 7.91. The van der Waals surface area contributed by atoms with Crippen LogP contribution in [0.1, 0.15) is 37.4 Å². The van der Waals surface area contributed by atoms with E-state index in [0.717, 1.165) is 61.3 Å². The van der Waals surface area contributed by atoms with Crippen LogP contribution >= 0.6 is 0 Å². The molecule has 1 fully saturated rings. The number of nitrogens with one attached hydrogen (secondary N) is 3. The maximum atomic E-state index is 15.5. The molecule has 0 bridgehead atoms. The fourth-order valence-electron chi connectivity index (χ4n) is 5.76. The highest BCUT2D eigenvalue weighted by atomic mass is 19.4. The van der Waals surface area contributed by atoms with Crippen molar-refractivity contribution in [1.29, 1.82) is 0 Å². The molecule has 3 heterocycles. The number of alkyl halides is 3. The number of halogens is 4. The molecule has 0 saturated carbocycles. The zero-order chi connectivity index (χ0) is 32.6. The summed E-state index contributed by atoms with van der Waals surface area (Å²) in [5.74, 6) is -2.01. The van der Waals surface area contributed by atoms with Gasteiger partial charge in [-0.3, -0.25) is 9.59 Å².